The van der Waals surface area contributed by atoms with E-state index >= 15 is 0 Å². The maximum Gasteiger partial charge on any atom is 0.314 e. The minimum atomic E-state index is -1.01. The highest BCUT2D eigenvalue weighted by molar-refractivity contribution is 5.95. The van der Waals surface area contributed by atoms with Crippen LogP contribution in [0.1, 0.15) is 39.7 Å². The molecule has 2 aromatic carbocycles. The molecule has 1 amide bonds. The number of amidine groups is 1. The highest BCUT2D eigenvalue weighted by Crippen LogP contribution is 2.37. The lowest BCUT2D eigenvalue weighted by Crippen LogP contribution is -2.37. The molecule has 1 saturated heterocycles. The Kier molecular flexibility index (Phi) is 8.02. The number of nitrogens with one attached hydrogen (secondary N) is 2. The number of carbonyl (C=O) groups is 3. The third-order valence-corrected chi connectivity index (χ3v) is 6.30. The van der Waals surface area contributed by atoms with E-state index in [1.807, 2.05) is 36.4 Å². The first-order valence-corrected chi connectivity index (χ1v) is 11.7. The molecule has 192 valence electrons. The summed E-state index contributed by atoms with van der Waals surface area (Å²) in [6, 6.07) is 14.9. The van der Waals surface area contributed by atoms with Crippen LogP contribution in [-0.4, -0.2) is 43.6 Å². The normalized spacial score (nSPS) is 19.3. The van der Waals surface area contributed by atoms with E-state index in [4.69, 9.17) is 25.4 Å². The van der Waals surface area contributed by atoms with Crippen LogP contribution in [0.15, 0.2) is 48.5 Å². The van der Waals surface area contributed by atoms with Crippen molar-refractivity contribution >= 4 is 23.7 Å². The lowest BCUT2D eigenvalue weighted by atomic mass is 9.77. The summed E-state index contributed by atoms with van der Waals surface area (Å²) in [5.41, 5.74) is 6.42. The molecule has 2 aromatic rings. The van der Waals surface area contributed by atoms with Crippen LogP contribution in [0.25, 0.3) is 11.1 Å². The molecule has 2 atom stereocenters. The van der Waals surface area contributed by atoms with Gasteiger partial charge in [0.25, 0.3) is 0 Å². The minimum absolute atomic E-state index is 0.0226. The number of amides is 1. The number of nitrogens with two attached hydrogens (primary N) is 1. The van der Waals surface area contributed by atoms with Gasteiger partial charge in [-0.25, -0.2) is 0 Å². The predicted octanol–water partition coefficient (Wildman–Crippen LogP) is 3.25. The predicted molar refractivity (Wildman–Crippen MR) is 134 cm³/mol. The smallest absolute Gasteiger partial charge is 0.314 e. The van der Waals surface area contributed by atoms with Crippen LogP contribution in [0.2, 0.25) is 0 Å². The number of rotatable bonds is 9. The number of benzene rings is 2. The lowest BCUT2D eigenvalue weighted by molar-refractivity contribution is -0.175. The molecule has 0 saturated carbocycles. The van der Waals surface area contributed by atoms with Crippen molar-refractivity contribution in [2.75, 3.05) is 19.9 Å². The van der Waals surface area contributed by atoms with E-state index < -0.39 is 29.6 Å². The summed E-state index contributed by atoms with van der Waals surface area (Å²) in [5, 5.41) is 10.3. The maximum atomic E-state index is 12.6. The Balaban J connectivity index is 1.55. The fourth-order valence-electron chi connectivity index (χ4n) is 3.79. The lowest BCUT2D eigenvalue weighted by Gasteiger charge is -2.27. The van der Waals surface area contributed by atoms with Gasteiger partial charge in [0.15, 0.2) is 0 Å². The highest BCUT2D eigenvalue weighted by Gasteiger charge is 2.48. The number of ether oxygens (including phenoxy) is 3. The van der Waals surface area contributed by atoms with Crippen molar-refractivity contribution in [2.24, 2.45) is 22.5 Å². The van der Waals surface area contributed by atoms with E-state index in [1.165, 1.54) is 0 Å². The highest BCUT2D eigenvalue weighted by atomic mass is 16.7. The summed E-state index contributed by atoms with van der Waals surface area (Å²) in [6.45, 7) is 6.93. The number of nitrogen functional groups attached to an aromatic ring is 1. The Bertz CT molecular complexity index is 1120. The molecule has 0 bridgehead atoms. The second-order valence-corrected chi connectivity index (χ2v) is 10.1. The molecular formula is C27H33N3O6. The van der Waals surface area contributed by atoms with Crippen molar-refractivity contribution in [3.63, 3.8) is 0 Å². The Morgan fingerprint density at radius 2 is 1.64 bits per heavy atom. The van der Waals surface area contributed by atoms with Gasteiger partial charge in [-0.2, -0.15) is 0 Å². The van der Waals surface area contributed by atoms with Gasteiger partial charge >= 0.3 is 11.9 Å². The van der Waals surface area contributed by atoms with Gasteiger partial charge in [-0.05, 0) is 51.0 Å². The largest absolute Gasteiger partial charge is 0.493 e. The van der Waals surface area contributed by atoms with Gasteiger partial charge in [-0.3, -0.25) is 19.8 Å². The summed E-state index contributed by atoms with van der Waals surface area (Å²) in [6.07, 6.45) is -0.158. The van der Waals surface area contributed by atoms with Crippen LogP contribution < -0.4 is 15.8 Å². The number of esters is 2. The summed E-state index contributed by atoms with van der Waals surface area (Å²) < 4.78 is 16.0. The number of hydrogen-bond acceptors (Lipinski definition) is 7. The average molecular weight is 496 g/mol. The Hall–Kier alpha value is -3.88. The zero-order valence-corrected chi connectivity index (χ0v) is 21.1. The van der Waals surface area contributed by atoms with Gasteiger partial charge in [0.1, 0.15) is 11.6 Å². The van der Waals surface area contributed by atoms with Crippen molar-refractivity contribution in [2.45, 2.75) is 34.1 Å². The van der Waals surface area contributed by atoms with Crippen molar-refractivity contribution in [1.29, 1.82) is 5.41 Å². The van der Waals surface area contributed by atoms with Crippen LogP contribution in [0, 0.1) is 22.2 Å². The van der Waals surface area contributed by atoms with Gasteiger partial charge in [0.05, 0.1) is 23.9 Å². The molecular weight excluding hydrogens is 462 g/mol. The van der Waals surface area contributed by atoms with Crippen molar-refractivity contribution < 1.29 is 28.6 Å². The molecule has 9 nitrogen and oxygen atoms in total. The van der Waals surface area contributed by atoms with E-state index in [9.17, 15) is 14.4 Å². The van der Waals surface area contributed by atoms with E-state index in [0.717, 1.165) is 11.1 Å². The average Bonchev–Trinajstić information content (AvgIpc) is 3.10. The number of carbonyl (C=O) groups excluding carboxylic acids is 3. The fraction of sp³-hybridized carbons (Fsp3) is 0.407. The number of hydrogen-bond donors (Lipinski definition) is 3. The fourth-order valence-corrected chi connectivity index (χ4v) is 3.79. The second-order valence-electron chi connectivity index (χ2n) is 10.1. The molecule has 1 fully saturated rings. The molecule has 0 aromatic heterocycles. The zero-order chi connectivity index (χ0) is 26.5. The summed E-state index contributed by atoms with van der Waals surface area (Å²) >= 11 is 0. The van der Waals surface area contributed by atoms with Crippen LogP contribution in [-0.2, 0) is 23.9 Å². The topological polar surface area (TPSA) is 141 Å². The van der Waals surface area contributed by atoms with Crippen LogP contribution in [0.5, 0.6) is 5.75 Å². The van der Waals surface area contributed by atoms with E-state index in [1.54, 1.807) is 39.8 Å². The van der Waals surface area contributed by atoms with Crippen LogP contribution in [0.3, 0.4) is 0 Å². The van der Waals surface area contributed by atoms with Crippen molar-refractivity contribution in [3.8, 4) is 16.9 Å². The van der Waals surface area contributed by atoms with E-state index in [-0.39, 0.29) is 30.7 Å². The first-order valence-electron chi connectivity index (χ1n) is 11.7. The third-order valence-electron chi connectivity index (χ3n) is 6.30. The monoisotopic (exact) mass is 495 g/mol. The van der Waals surface area contributed by atoms with Crippen LogP contribution >= 0.6 is 0 Å². The summed E-state index contributed by atoms with van der Waals surface area (Å²) in [7, 11) is 0. The Labute approximate surface area is 210 Å². The molecule has 0 spiro atoms. The second kappa shape index (κ2) is 10.8. The van der Waals surface area contributed by atoms with Gasteiger partial charge in [-0.15, -0.1) is 0 Å². The van der Waals surface area contributed by atoms with Gasteiger partial charge < -0.3 is 25.3 Å². The van der Waals surface area contributed by atoms with E-state index in [0.29, 0.717) is 17.9 Å². The zero-order valence-electron chi connectivity index (χ0n) is 21.1. The summed E-state index contributed by atoms with van der Waals surface area (Å²) in [4.78, 5) is 36.7. The minimum Gasteiger partial charge on any atom is -0.493 e. The van der Waals surface area contributed by atoms with Crippen LogP contribution in [0.4, 0.5) is 0 Å². The SMILES string of the molecule is CC(C)(C)C(=O)OCOC(=O)CC1(C)C(=O)NCC1COc1ccc(-c2ccc(C(=N)N)cc2)cc1. The molecule has 36 heavy (non-hydrogen) atoms. The van der Waals surface area contributed by atoms with Gasteiger partial charge in [0.2, 0.25) is 12.7 Å². The first-order chi connectivity index (χ1) is 16.9. The molecule has 4 N–H and O–H groups in total. The van der Waals surface area contributed by atoms with Gasteiger partial charge in [0, 0.05) is 18.0 Å². The molecule has 0 aliphatic carbocycles. The molecule has 1 aliphatic heterocycles. The Morgan fingerprint density at radius 3 is 2.19 bits per heavy atom. The first kappa shape index (κ1) is 26.7. The Morgan fingerprint density at radius 1 is 1.06 bits per heavy atom. The molecule has 9 heteroatoms. The molecule has 0 radical (unpaired) electrons. The molecule has 1 aliphatic rings. The van der Waals surface area contributed by atoms with Crippen molar-refractivity contribution in [3.05, 3.63) is 54.1 Å². The molecule has 3 rings (SSSR count). The quantitative estimate of drug-likeness (QED) is 0.210. The molecule has 2 unspecified atom stereocenters. The maximum absolute atomic E-state index is 12.6. The third kappa shape index (κ3) is 6.41. The summed E-state index contributed by atoms with van der Waals surface area (Å²) in [5.74, 6) is -0.948. The van der Waals surface area contributed by atoms with Gasteiger partial charge in [-0.1, -0.05) is 36.4 Å². The van der Waals surface area contributed by atoms with E-state index in [2.05, 4.69) is 5.32 Å². The van der Waals surface area contributed by atoms with Crippen molar-refractivity contribution in [1.82, 2.24) is 5.32 Å². The standard InChI is InChI=1S/C27H33N3O6/c1-26(2,3)25(33)36-16-35-22(31)13-27(4)20(14-30-24(27)32)15-34-21-11-9-18(10-12-21)17-5-7-19(8-6-17)23(28)29/h5-12,20H,13-16H2,1-4H3,(H3,28,29)(H,30,32). The molecule has 1 heterocycles.